The first-order valence-electron chi connectivity index (χ1n) is 8.84. The molecule has 2 saturated carbocycles. The lowest BCUT2D eigenvalue weighted by Gasteiger charge is -2.42. The average Bonchev–Trinajstić information content (AvgIpc) is 3.33. The number of carboxylic acid groups (broad SMARTS) is 1. The van der Waals surface area contributed by atoms with Crippen LogP contribution in [0.5, 0.6) is 0 Å². The molecule has 2 aliphatic carbocycles. The van der Waals surface area contributed by atoms with Crippen LogP contribution < -0.4 is 16.4 Å². The molecule has 0 bridgehead atoms. The third kappa shape index (κ3) is 4.95. The number of carbonyl (C=O) groups excluding carboxylic acids is 2. The topological polar surface area (TPSA) is 125 Å². The Labute approximate surface area is 151 Å². The number of amides is 3. The molecule has 0 unspecified atom stereocenters. The van der Waals surface area contributed by atoms with Crippen molar-refractivity contribution in [1.82, 2.24) is 10.2 Å². The van der Waals surface area contributed by atoms with Crippen molar-refractivity contribution in [3.05, 3.63) is 29.8 Å². The van der Waals surface area contributed by atoms with Gasteiger partial charge in [-0.1, -0.05) is 0 Å². The maximum Gasteiger partial charge on any atom is 0.317 e. The fourth-order valence-corrected chi connectivity index (χ4v) is 3.27. The van der Waals surface area contributed by atoms with E-state index in [2.05, 4.69) is 10.6 Å². The molecule has 0 radical (unpaired) electrons. The van der Waals surface area contributed by atoms with Gasteiger partial charge in [0.25, 0.3) is 5.91 Å². The predicted molar refractivity (Wildman–Crippen MR) is 95.9 cm³/mol. The highest BCUT2D eigenvalue weighted by Crippen LogP contribution is 2.33. The Balaban J connectivity index is 1.47. The summed E-state index contributed by atoms with van der Waals surface area (Å²) in [4.78, 5) is 36.2. The van der Waals surface area contributed by atoms with Gasteiger partial charge in [0.1, 0.15) is 0 Å². The van der Waals surface area contributed by atoms with Crippen molar-refractivity contribution in [3.63, 3.8) is 0 Å². The number of hydrogen-bond donors (Lipinski definition) is 4. The molecule has 1 aromatic rings. The van der Waals surface area contributed by atoms with Crippen molar-refractivity contribution in [3.8, 4) is 0 Å². The van der Waals surface area contributed by atoms with Crippen LogP contribution in [0.2, 0.25) is 0 Å². The molecule has 0 atom stereocenters. The molecule has 2 fully saturated rings. The van der Waals surface area contributed by atoms with E-state index in [0.29, 0.717) is 17.2 Å². The molecule has 0 aliphatic heterocycles. The molecule has 8 heteroatoms. The Hall–Kier alpha value is -2.61. The van der Waals surface area contributed by atoms with Crippen molar-refractivity contribution >= 4 is 23.6 Å². The van der Waals surface area contributed by atoms with Crippen molar-refractivity contribution < 1.29 is 19.5 Å². The van der Waals surface area contributed by atoms with Gasteiger partial charge in [0.15, 0.2) is 0 Å². The lowest BCUT2D eigenvalue weighted by atomic mass is 9.85. The second-order valence-electron chi connectivity index (χ2n) is 7.13. The molecular weight excluding hydrogens is 336 g/mol. The summed E-state index contributed by atoms with van der Waals surface area (Å²) in [5.41, 5.74) is 6.08. The van der Waals surface area contributed by atoms with Crippen LogP contribution in [0.1, 0.15) is 36.0 Å². The van der Waals surface area contributed by atoms with Crippen LogP contribution in [-0.4, -0.2) is 53.1 Å². The Bertz CT molecular complexity index is 681. The third-order valence-corrected chi connectivity index (χ3v) is 4.91. The fraction of sp³-hybridized carbons (Fsp3) is 0.500. The van der Waals surface area contributed by atoms with E-state index in [1.54, 1.807) is 24.3 Å². The second-order valence-corrected chi connectivity index (χ2v) is 7.13. The van der Waals surface area contributed by atoms with Crippen LogP contribution in [-0.2, 0) is 4.79 Å². The average molecular weight is 360 g/mol. The number of aliphatic carboxylic acids is 1. The Kier molecular flexibility index (Phi) is 5.41. The number of hydrogen-bond acceptors (Lipinski definition) is 4. The summed E-state index contributed by atoms with van der Waals surface area (Å²) >= 11 is 0. The largest absolute Gasteiger partial charge is 0.480 e. The number of primary amides is 1. The highest BCUT2D eigenvalue weighted by atomic mass is 16.4. The Morgan fingerprint density at radius 1 is 1.15 bits per heavy atom. The monoisotopic (exact) mass is 360 g/mol. The van der Waals surface area contributed by atoms with Gasteiger partial charge in [-0.15, -0.1) is 0 Å². The van der Waals surface area contributed by atoms with Gasteiger partial charge in [0, 0.05) is 29.9 Å². The van der Waals surface area contributed by atoms with E-state index >= 15 is 0 Å². The lowest BCUT2D eigenvalue weighted by Crippen LogP contribution is -2.55. The number of nitrogens with zero attached hydrogens (tertiary/aromatic N) is 1. The number of rotatable bonds is 8. The SMILES string of the molecule is NC(=O)Nc1ccc(C(=O)NC2CC(N(CC(=O)O)CC3CC3)C2)cc1. The molecule has 0 spiro atoms. The summed E-state index contributed by atoms with van der Waals surface area (Å²) in [6.45, 7) is 0.905. The van der Waals surface area contributed by atoms with Crippen LogP contribution in [0.4, 0.5) is 10.5 Å². The van der Waals surface area contributed by atoms with Crippen LogP contribution in [0.25, 0.3) is 0 Å². The predicted octanol–water partition coefficient (Wildman–Crippen LogP) is 1.23. The zero-order valence-electron chi connectivity index (χ0n) is 14.5. The van der Waals surface area contributed by atoms with Crippen LogP contribution in [0.3, 0.4) is 0 Å². The minimum absolute atomic E-state index is 0.0615. The number of nitrogens with one attached hydrogen (secondary N) is 2. The summed E-state index contributed by atoms with van der Waals surface area (Å²) in [6, 6.07) is 6.12. The molecule has 0 heterocycles. The first-order valence-corrected chi connectivity index (χ1v) is 8.84. The quantitative estimate of drug-likeness (QED) is 0.555. The van der Waals surface area contributed by atoms with Crippen molar-refractivity contribution in [2.24, 2.45) is 11.7 Å². The number of urea groups is 1. The first-order chi connectivity index (χ1) is 12.4. The van der Waals surface area contributed by atoms with E-state index in [-0.39, 0.29) is 24.5 Å². The highest BCUT2D eigenvalue weighted by Gasteiger charge is 2.37. The van der Waals surface area contributed by atoms with Gasteiger partial charge < -0.3 is 21.5 Å². The standard InChI is InChI=1S/C18H24N4O4/c19-18(26)21-13-5-3-12(4-6-13)17(25)20-14-7-15(8-14)22(10-16(23)24)9-11-1-2-11/h3-6,11,14-15H,1-2,7-10H2,(H,20,25)(H,23,24)(H3,19,21,26). The van der Waals surface area contributed by atoms with Crippen LogP contribution >= 0.6 is 0 Å². The van der Waals surface area contributed by atoms with E-state index in [4.69, 9.17) is 10.8 Å². The maximum absolute atomic E-state index is 12.3. The zero-order valence-corrected chi connectivity index (χ0v) is 14.5. The molecule has 140 valence electrons. The van der Waals surface area contributed by atoms with E-state index < -0.39 is 12.0 Å². The number of anilines is 1. The van der Waals surface area contributed by atoms with Crippen LogP contribution in [0.15, 0.2) is 24.3 Å². The number of nitrogens with two attached hydrogens (primary N) is 1. The number of benzene rings is 1. The Morgan fingerprint density at radius 2 is 1.81 bits per heavy atom. The molecule has 5 N–H and O–H groups in total. The molecule has 8 nitrogen and oxygen atoms in total. The van der Waals surface area contributed by atoms with Gasteiger partial charge in [-0.2, -0.15) is 0 Å². The number of carboxylic acids is 1. The van der Waals surface area contributed by atoms with E-state index in [1.165, 1.54) is 12.8 Å². The van der Waals surface area contributed by atoms with Gasteiger partial charge in [-0.25, -0.2) is 4.79 Å². The second kappa shape index (κ2) is 7.74. The highest BCUT2D eigenvalue weighted by molar-refractivity contribution is 5.95. The zero-order chi connectivity index (χ0) is 18.7. The van der Waals surface area contributed by atoms with Crippen molar-refractivity contribution in [2.75, 3.05) is 18.4 Å². The normalized spacial score (nSPS) is 21.7. The van der Waals surface area contributed by atoms with Gasteiger partial charge in [0.2, 0.25) is 0 Å². The summed E-state index contributed by atoms with van der Waals surface area (Å²) in [5.74, 6) is -0.343. The fourth-order valence-electron chi connectivity index (χ4n) is 3.27. The van der Waals surface area contributed by atoms with Gasteiger partial charge in [-0.05, 0) is 55.9 Å². The van der Waals surface area contributed by atoms with Crippen molar-refractivity contribution in [2.45, 2.75) is 37.8 Å². The molecule has 1 aromatic carbocycles. The van der Waals surface area contributed by atoms with Crippen molar-refractivity contribution in [1.29, 1.82) is 0 Å². The summed E-state index contributed by atoms with van der Waals surface area (Å²) in [7, 11) is 0. The molecule has 0 saturated heterocycles. The lowest BCUT2D eigenvalue weighted by molar-refractivity contribution is -0.139. The van der Waals surface area contributed by atoms with Crippen LogP contribution in [0, 0.1) is 5.92 Å². The maximum atomic E-state index is 12.3. The summed E-state index contributed by atoms with van der Waals surface area (Å²) in [5, 5.41) is 14.5. The van der Waals surface area contributed by atoms with E-state index in [1.807, 2.05) is 4.90 Å². The minimum atomic E-state index is -0.803. The van der Waals surface area contributed by atoms with E-state index in [0.717, 1.165) is 19.4 Å². The minimum Gasteiger partial charge on any atom is -0.480 e. The molecule has 3 amide bonds. The molecule has 26 heavy (non-hydrogen) atoms. The summed E-state index contributed by atoms with van der Waals surface area (Å²) < 4.78 is 0. The van der Waals surface area contributed by atoms with Gasteiger partial charge in [0.05, 0.1) is 6.54 Å². The molecular formula is C18H24N4O4. The third-order valence-electron chi connectivity index (χ3n) is 4.91. The molecule has 3 rings (SSSR count). The molecule has 0 aromatic heterocycles. The smallest absolute Gasteiger partial charge is 0.317 e. The van der Waals surface area contributed by atoms with Gasteiger partial charge in [-0.3, -0.25) is 14.5 Å². The van der Waals surface area contributed by atoms with E-state index in [9.17, 15) is 14.4 Å². The number of carbonyl (C=O) groups is 3. The first kappa shape index (κ1) is 18.2. The Morgan fingerprint density at radius 3 is 2.35 bits per heavy atom. The van der Waals surface area contributed by atoms with Gasteiger partial charge >= 0.3 is 12.0 Å². The molecule has 2 aliphatic rings. The summed E-state index contributed by atoms with van der Waals surface area (Å²) in [6.07, 6.45) is 3.91.